The third kappa shape index (κ3) is 18.8. The molecule has 0 aliphatic carbocycles. The second-order valence-electron chi connectivity index (χ2n) is 19.9. The number of primary amides is 1. The van der Waals surface area contributed by atoms with Crippen LogP contribution in [-0.2, 0) is 49.4 Å². The molecule has 3 fully saturated rings. The number of aliphatic hydroxyl groups excluding tert-OH is 6. The van der Waals surface area contributed by atoms with Gasteiger partial charge in [-0.05, 0) is 55.3 Å². The molecule has 3 aliphatic heterocycles. The van der Waals surface area contributed by atoms with E-state index in [2.05, 4.69) is 42.9 Å². The minimum Gasteiger partial charge on any atom is -0.691 e. The molecule has 2 aromatic carbocycles. The molecule has 0 aromatic heterocycles. The Morgan fingerprint density at radius 1 is 0.812 bits per heavy atom. The molecular weight excluding hydrogens is 1090 g/mol. The van der Waals surface area contributed by atoms with Crippen LogP contribution in [0.1, 0.15) is 94.5 Å². The predicted molar refractivity (Wildman–Crippen MR) is 272 cm³/mol. The summed E-state index contributed by atoms with van der Waals surface area (Å²) in [5.41, 5.74) is 5.50. The van der Waals surface area contributed by atoms with Crippen LogP contribution in [0.25, 0.3) is 0 Å². The molecule has 8 amide bonds. The maximum Gasteiger partial charge on any atom is 1.00 e. The van der Waals surface area contributed by atoms with Gasteiger partial charge in [0, 0.05) is 50.4 Å². The maximum absolute atomic E-state index is 14.6. The zero-order valence-corrected chi connectivity index (χ0v) is 47.6. The van der Waals surface area contributed by atoms with Gasteiger partial charge >= 0.3 is 29.6 Å². The SMILES string of the molecule is CCCCCCCCOc1ccc(C(=O)N[C@H]2C[C@H](O)CNC(=O)C3[C@@H](O)C(C)CN3C(=O)[C@H]([C@H](O)CC(N)=O)NC(=O)C([C@H](O)Cc3ccc(O)c(OSOO[O-])c3)NC(=O)C3CC(O)CN3C(=O)C(C(C)O)NC2=O)cc1.[Na+]. The number of nitrogens with one attached hydrogen (secondary N) is 5. The molecule has 0 saturated carbocycles. The molecule has 28 nitrogen and oxygen atoms in total. The number of phenols is 1. The first kappa shape index (κ1) is 67.1. The van der Waals surface area contributed by atoms with Crippen molar-refractivity contribution in [2.45, 2.75) is 158 Å². The van der Waals surface area contributed by atoms with E-state index in [1.54, 1.807) is 12.1 Å². The van der Waals surface area contributed by atoms with Crippen molar-refractivity contribution in [1.29, 1.82) is 0 Å². The molecule has 5 rings (SSSR count). The number of carbonyl (C=O) groups is 8. The Morgan fingerprint density at radius 3 is 2.12 bits per heavy atom. The van der Waals surface area contributed by atoms with Crippen LogP contribution in [0.2, 0.25) is 0 Å². The van der Waals surface area contributed by atoms with E-state index in [4.69, 9.17) is 14.7 Å². The summed E-state index contributed by atoms with van der Waals surface area (Å²) in [5, 5.41) is 103. The number of aliphatic hydroxyl groups is 6. The third-order valence-corrected chi connectivity index (χ3v) is 14.0. The number of aromatic hydroxyl groups is 1. The van der Waals surface area contributed by atoms with Crippen molar-refractivity contribution in [1.82, 2.24) is 36.4 Å². The van der Waals surface area contributed by atoms with E-state index in [1.807, 2.05) is 0 Å². The normalized spacial score (nSPS) is 26.4. The molecule has 0 radical (unpaired) electrons. The third-order valence-electron chi connectivity index (χ3n) is 13.7. The number of benzene rings is 2. The Hall–Kier alpha value is -5.41. The van der Waals surface area contributed by atoms with Crippen LogP contribution in [0.3, 0.4) is 0 Å². The summed E-state index contributed by atoms with van der Waals surface area (Å²) in [4.78, 5) is 114. The molecule has 3 saturated heterocycles. The zero-order chi connectivity index (χ0) is 58.1. The van der Waals surface area contributed by atoms with Crippen LogP contribution in [0.4, 0.5) is 0 Å². The fourth-order valence-electron chi connectivity index (χ4n) is 9.43. The average molecular weight is 1160 g/mol. The van der Waals surface area contributed by atoms with Gasteiger partial charge < -0.3 is 92.0 Å². The van der Waals surface area contributed by atoms with Crippen molar-refractivity contribution in [2.24, 2.45) is 11.7 Å². The monoisotopic (exact) mass is 1160 g/mol. The number of nitrogens with two attached hydrogens (primary N) is 1. The fourth-order valence-corrected chi connectivity index (χ4v) is 9.69. The van der Waals surface area contributed by atoms with Gasteiger partial charge in [-0.3, -0.25) is 43.4 Å². The quantitative estimate of drug-likeness (QED) is 0.0182. The smallest absolute Gasteiger partial charge is 0.691 e. The summed E-state index contributed by atoms with van der Waals surface area (Å²) in [7, 11) is 0. The second-order valence-corrected chi connectivity index (χ2v) is 20.3. The minimum atomic E-state index is -2.21. The maximum atomic E-state index is 14.6. The van der Waals surface area contributed by atoms with E-state index >= 15 is 0 Å². The number of ether oxygens (including phenoxy) is 1. The fraction of sp³-hybridized carbons (Fsp3) is 0.600. The van der Waals surface area contributed by atoms with E-state index in [0.29, 0.717) is 12.4 Å². The summed E-state index contributed by atoms with van der Waals surface area (Å²) < 4.78 is 14.9. The molecule has 3 aliphatic rings. The van der Waals surface area contributed by atoms with Crippen molar-refractivity contribution in [2.75, 3.05) is 26.2 Å². The van der Waals surface area contributed by atoms with Gasteiger partial charge in [0.2, 0.25) is 41.4 Å². The first-order valence-electron chi connectivity index (χ1n) is 25.9. The Kier molecular flexibility index (Phi) is 27.1. The van der Waals surface area contributed by atoms with Crippen LogP contribution >= 0.6 is 12.3 Å². The van der Waals surface area contributed by atoms with Gasteiger partial charge in [0.05, 0.1) is 49.7 Å². The summed E-state index contributed by atoms with van der Waals surface area (Å²) in [5.74, 6) is -10.6. The molecule has 30 heteroatoms. The number of phenolic OH excluding ortho intramolecular Hbond substituents is 1. The predicted octanol–water partition coefficient (Wildman–Crippen LogP) is -6.88. The van der Waals surface area contributed by atoms with Crippen LogP contribution in [-0.4, -0.2) is 192 Å². The first-order chi connectivity index (χ1) is 37.5. The average Bonchev–Trinajstić information content (AvgIpc) is 3.95. The van der Waals surface area contributed by atoms with Crippen LogP contribution < -0.4 is 76.1 Å². The van der Waals surface area contributed by atoms with Crippen molar-refractivity contribution in [3.05, 3.63) is 53.6 Å². The van der Waals surface area contributed by atoms with Crippen molar-refractivity contribution in [3.8, 4) is 17.2 Å². The number of carbonyl (C=O) groups excluding carboxylic acids is 8. The number of rotatable bonds is 21. The zero-order valence-electron chi connectivity index (χ0n) is 44.8. The molecule has 438 valence electrons. The van der Waals surface area contributed by atoms with Gasteiger partial charge in [-0.25, -0.2) is 0 Å². The van der Waals surface area contributed by atoms with Gasteiger partial charge in [-0.15, -0.1) is 4.33 Å². The Bertz CT molecular complexity index is 2430. The summed E-state index contributed by atoms with van der Waals surface area (Å²) in [6.45, 7) is 3.48. The summed E-state index contributed by atoms with van der Waals surface area (Å²) in [6, 6.07) is -2.16. The number of fused-ring (bicyclic) bond motifs is 2. The topological polar surface area (TPSA) is 431 Å². The number of amides is 8. The molecule has 80 heavy (non-hydrogen) atoms. The van der Waals surface area contributed by atoms with Gasteiger partial charge in [0.25, 0.3) is 18.2 Å². The van der Waals surface area contributed by atoms with E-state index < -0.39 is 177 Å². The summed E-state index contributed by atoms with van der Waals surface area (Å²) >= 11 is -0.00185. The van der Waals surface area contributed by atoms with E-state index in [9.17, 15) is 79.4 Å². The van der Waals surface area contributed by atoms with Crippen LogP contribution in [0.5, 0.6) is 17.2 Å². The molecule has 0 spiro atoms. The Balaban J connectivity index is 0.0000138. The van der Waals surface area contributed by atoms with Gasteiger partial charge in [-0.1, -0.05) is 52.0 Å². The molecule has 3 heterocycles. The van der Waals surface area contributed by atoms with E-state index in [1.165, 1.54) is 25.1 Å². The van der Waals surface area contributed by atoms with Crippen LogP contribution in [0.15, 0.2) is 42.5 Å². The Morgan fingerprint density at radius 2 is 1.46 bits per heavy atom. The Labute approximate surface area is 487 Å². The molecule has 7 unspecified atom stereocenters. The van der Waals surface area contributed by atoms with Crippen molar-refractivity contribution >= 4 is 59.6 Å². The molecular formula is C50H71N8NaO20S. The number of β-amino-alcohol motifs (C(OH)–C–C–N with tert-alkyl or cyclic N) is 1. The van der Waals surface area contributed by atoms with Gasteiger partial charge in [-0.2, -0.15) is 0 Å². The number of hydrogen-bond acceptors (Lipinski definition) is 21. The molecule has 0 bridgehead atoms. The number of hydrogen-bond donors (Lipinski definition) is 13. The van der Waals surface area contributed by atoms with Gasteiger partial charge in [0.1, 0.15) is 42.0 Å². The van der Waals surface area contributed by atoms with E-state index in [-0.39, 0.29) is 58.8 Å². The van der Waals surface area contributed by atoms with Crippen molar-refractivity contribution in [3.63, 3.8) is 0 Å². The minimum absolute atomic E-state index is 0. The second kappa shape index (κ2) is 32.3. The number of nitrogens with zero attached hydrogens (tertiary/aromatic N) is 2. The standard InChI is InChI=1S/C50H72N8O20S.Na/c1-4-5-6-7-8-9-16-75-31-13-11-28(12-14-31)44(67)53-32-19-29(60)22-52-48(71)42-43(66)25(2)23-58(42)50(73)41(36(64)21-38(51)65)56-47(70)40(35(63)17-27-10-15-34(62)37(18-27)76-79-78-77-74)55-46(69)33-20-30(61)24-57(33)49(72)39(26(3)59)54-45(32)68;/h10-15,18,25-26,29-30,32-33,35-36,39-43,59-64,66,74H,4-9,16-17,19-24H2,1-3H3,(H2,51,65)(H,52,71)(H,53,67)(H,54,68)(H,55,69)(H,56,70);/q;+1/p-1/t25?,26?,29-,30?,32-,33?,35+,36+,39?,40?,41-,42?,43-;/m0./s1. The molecule has 13 atom stereocenters. The van der Waals surface area contributed by atoms with Crippen molar-refractivity contribution < 1.29 is 127 Å². The molecule has 2 aromatic rings. The molecule has 14 N–H and O–H groups in total. The van der Waals surface area contributed by atoms with Crippen LogP contribution in [0, 0.1) is 5.92 Å². The first-order valence-corrected chi connectivity index (χ1v) is 26.5. The summed E-state index contributed by atoms with van der Waals surface area (Å²) in [6.07, 6.45) is -7.20. The largest absolute Gasteiger partial charge is 1.00 e. The van der Waals surface area contributed by atoms with Gasteiger partial charge in [0.15, 0.2) is 11.5 Å². The van der Waals surface area contributed by atoms with E-state index in [0.717, 1.165) is 67.4 Å². The number of unbranched alkanes of at least 4 members (excludes halogenated alkanes) is 5.